The number of likely N-dealkylation sites (tertiary alicyclic amines) is 1. The van der Waals surface area contributed by atoms with Gasteiger partial charge in [-0.2, -0.15) is 0 Å². The van der Waals surface area contributed by atoms with E-state index in [2.05, 4.69) is 0 Å². The number of rotatable bonds is 8. The zero-order chi connectivity index (χ0) is 13.4. The topological polar surface area (TPSA) is 64.8 Å². The van der Waals surface area contributed by atoms with Crippen molar-refractivity contribution in [1.82, 2.24) is 4.90 Å². The molecule has 0 aromatic rings. The third-order valence-corrected chi connectivity index (χ3v) is 3.16. The minimum absolute atomic E-state index is 0. The van der Waals surface area contributed by atoms with E-state index < -0.39 is 0 Å². The summed E-state index contributed by atoms with van der Waals surface area (Å²) in [5, 5.41) is 0. The molecule has 114 valence electrons. The second kappa shape index (κ2) is 10.4. The van der Waals surface area contributed by atoms with E-state index in [1.54, 1.807) is 0 Å². The van der Waals surface area contributed by atoms with Gasteiger partial charge in [-0.1, -0.05) is 13.3 Å². The summed E-state index contributed by atoms with van der Waals surface area (Å²) in [4.78, 5) is 13.8. The van der Waals surface area contributed by atoms with E-state index in [1.807, 2.05) is 18.7 Å². The maximum absolute atomic E-state index is 12.0. The Morgan fingerprint density at radius 2 is 2.16 bits per heavy atom. The molecule has 0 bridgehead atoms. The minimum atomic E-state index is -0.350. The number of carbonyl (C=O) groups is 1. The Kier molecular flexibility index (Phi) is 10.2. The van der Waals surface area contributed by atoms with Gasteiger partial charge in [0, 0.05) is 19.7 Å². The van der Waals surface area contributed by atoms with Crippen LogP contribution >= 0.6 is 12.4 Å². The van der Waals surface area contributed by atoms with Crippen LogP contribution in [0, 0.1) is 0 Å². The van der Waals surface area contributed by atoms with Crippen molar-refractivity contribution in [3.63, 3.8) is 0 Å². The van der Waals surface area contributed by atoms with E-state index in [0.717, 1.165) is 25.8 Å². The number of amides is 1. The van der Waals surface area contributed by atoms with Gasteiger partial charge in [-0.05, 0) is 19.8 Å². The third-order valence-electron chi connectivity index (χ3n) is 3.16. The fourth-order valence-corrected chi connectivity index (χ4v) is 2.15. The van der Waals surface area contributed by atoms with Crippen molar-refractivity contribution in [2.75, 3.05) is 32.9 Å². The molecule has 5 nitrogen and oxygen atoms in total. The molecule has 2 N–H and O–H groups in total. The minimum Gasteiger partial charge on any atom is -0.379 e. The van der Waals surface area contributed by atoms with Crippen LogP contribution in [0.15, 0.2) is 0 Å². The van der Waals surface area contributed by atoms with Gasteiger partial charge >= 0.3 is 0 Å². The van der Waals surface area contributed by atoms with Crippen molar-refractivity contribution in [1.29, 1.82) is 0 Å². The van der Waals surface area contributed by atoms with Crippen LogP contribution in [-0.2, 0) is 14.3 Å². The van der Waals surface area contributed by atoms with Crippen LogP contribution in [0.1, 0.15) is 33.1 Å². The molecule has 1 saturated heterocycles. The van der Waals surface area contributed by atoms with Gasteiger partial charge in [0.05, 0.1) is 25.4 Å². The summed E-state index contributed by atoms with van der Waals surface area (Å²) in [7, 11) is 0. The van der Waals surface area contributed by atoms with Crippen LogP contribution in [0.25, 0.3) is 0 Å². The Morgan fingerprint density at radius 1 is 1.42 bits per heavy atom. The molecule has 2 atom stereocenters. The maximum atomic E-state index is 12.0. The number of nitrogens with two attached hydrogens (primary N) is 1. The summed E-state index contributed by atoms with van der Waals surface area (Å²) < 4.78 is 10.9. The van der Waals surface area contributed by atoms with Crippen molar-refractivity contribution in [2.24, 2.45) is 5.73 Å². The smallest absolute Gasteiger partial charge is 0.239 e. The second-order valence-corrected chi connectivity index (χ2v) is 4.66. The lowest BCUT2D eigenvalue weighted by atomic mass is 10.1. The average Bonchev–Trinajstić information content (AvgIpc) is 2.83. The molecule has 1 aliphatic rings. The van der Waals surface area contributed by atoms with Gasteiger partial charge in [0.15, 0.2) is 0 Å². The van der Waals surface area contributed by atoms with Gasteiger partial charge in [0.25, 0.3) is 0 Å². The highest BCUT2D eigenvalue weighted by Crippen LogP contribution is 2.14. The lowest BCUT2D eigenvalue weighted by Gasteiger charge is -2.20. The van der Waals surface area contributed by atoms with E-state index in [9.17, 15) is 4.79 Å². The number of nitrogens with zero attached hydrogens (tertiary/aromatic N) is 1. The number of hydrogen-bond acceptors (Lipinski definition) is 4. The Bertz CT molecular complexity index is 254. The normalized spacial score (nSPS) is 20.2. The summed E-state index contributed by atoms with van der Waals surface area (Å²) in [5.74, 6) is 0.0627. The van der Waals surface area contributed by atoms with Crippen molar-refractivity contribution in [3.05, 3.63) is 0 Å². The van der Waals surface area contributed by atoms with Crippen molar-refractivity contribution in [2.45, 2.75) is 45.3 Å². The van der Waals surface area contributed by atoms with Crippen LogP contribution in [0.4, 0.5) is 0 Å². The highest BCUT2D eigenvalue weighted by atomic mass is 35.5. The summed E-state index contributed by atoms with van der Waals surface area (Å²) in [6.07, 6.45) is 2.74. The molecule has 0 spiro atoms. The van der Waals surface area contributed by atoms with Crippen LogP contribution in [0.3, 0.4) is 0 Å². The number of hydrogen-bond donors (Lipinski definition) is 1. The van der Waals surface area contributed by atoms with E-state index in [4.69, 9.17) is 15.2 Å². The molecule has 0 aromatic carbocycles. The molecule has 1 heterocycles. The Labute approximate surface area is 122 Å². The van der Waals surface area contributed by atoms with E-state index in [-0.39, 0.29) is 30.5 Å². The van der Waals surface area contributed by atoms with E-state index in [0.29, 0.717) is 26.4 Å². The van der Waals surface area contributed by atoms with Crippen LogP contribution in [0.2, 0.25) is 0 Å². The van der Waals surface area contributed by atoms with Gasteiger partial charge < -0.3 is 20.1 Å². The molecular weight excluding hydrogens is 268 g/mol. The first kappa shape index (κ1) is 18.6. The first-order chi connectivity index (χ1) is 8.69. The fourth-order valence-electron chi connectivity index (χ4n) is 2.15. The highest BCUT2D eigenvalue weighted by molar-refractivity contribution is 5.85. The second-order valence-electron chi connectivity index (χ2n) is 4.66. The van der Waals surface area contributed by atoms with Crippen LogP contribution in [0.5, 0.6) is 0 Å². The van der Waals surface area contributed by atoms with E-state index >= 15 is 0 Å². The SMILES string of the molecule is CCCC(N)C(=O)N1CC[C@H](OCCOCC)C1.Cl. The molecule has 6 heteroatoms. The fraction of sp³-hybridized carbons (Fsp3) is 0.923. The molecule has 0 saturated carbocycles. The Morgan fingerprint density at radius 3 is 2.79 bits per heavy atom. The quantitative estimate of drug-likeness (QED) is 0.683. The van der Waals surface area contributed by atoms with E-state index in [1.165, 1.54) is 0 Å². The van der Waals surface area contributed by atoms with Crippen molar-refractivity contribution < 1.29 is 14.3 Å². The van der Waals surface area contributed by atoms with Crippen molar-refractivity contribution >= 4 is 18.3 Å². The van der Waals surface area contributed by atoms with Gasteiger partial charge in [0.1, 0.15) is 0 Å². The van der Waals surface area contributed by atoms with Crippen molar-refractivity contribution in [3.8, 4) is 0 Å². The molecule has 0 radical (unpaired) electrons. The molecule has 1 amide bonds. The zero-order valence-corrected chi connectivity index (χ0v) is 12.8. The molecular formula is C13H27ClN2O3. The summed E-state index contributed by atoms with van der Waals surface area (Å²) in [5.41, 5.74) is 5.84. The Balaban J connectivity index is 0.00000324. The lowest BCUT2D eigenvalue weighted by Crippen LogP contribution is -2.43. The number of ether oxygens (including phenoxy) is 2. The molecule has 1 unspecified atom stereocenters. The zero-order valence-electron chi connectivity index (χ0n) is 12.0. The van der Waals surface area contributed by atoms with Gasteiger partial charge in [-0.25, -0.2) is 0 Å². The van der Waals surface area contributed by atoms with Gasteiger partial charge in [-0.3, -0.25) is 4.79 Å². The van der Waals surface area contributed by atoms with Gasteiger partial charge in [-0.15, -0.1) is 12.4 Å². The molecule has 1 aliphatic heterocycles. The summed E-state index contributed by atoms with van der Waals surface area (Å²) >= 11 is 0. The molecule has 0 aliphatic carbocycles. The Hall–Kier alpha value is -0.360. The first-order valence-corrected chi connectivity index (χ1v) is 6.92. The predicted octanol–water partition coefficient (Wildman–Crippen LogP) is 1.19. The third kappa shape index (κ3) is 6.56. The number of carbonyl (C=O) groups excluding carboxylic acids is 1. The van der Waals surface area contributed by atoms with Gasteiger partial charge in [0.2, 0.25) is 5.91 Å². The molecule has 1 rings (SSSR count). The summed E-state index contributed by atoms with van der Waals surface area (Å²) in [6.45, 7) is 7.36. The standard InChI is InChI=1S/C13H26N2O3.ClH/c1-3-5-12(14)13(16)15-7-6-11(10-15)18-9-8-17-4-2;/h11-12H,3-10,14H2,1-2H3;1H/t11-,12?;/m0./s1. The predicted molar refractivity (Wildman–Crippen MR) is 77.6 cm³/mol. The lowest BCUT2D eigenvalue weighted by molar-refractivity contribution is -0.132. The maximum Gasteiger partial charge on any atom is 0.239 e. The first-order valence-electron chi connectivity index (χ1n) is 6.92. The van der Waals surface area contributed by atoms with Crippen LogP contribution < -0.4 is 5.73 Å². The molecule has 19 heavy (non-hydrogen) atoms. The highest BCUT2D eigenvalue weighted by Gasteiger charge is 2.29. The summed E-state index contributed by atoms with van der Waals surface area (Å²) in [6, 6.07) is -0.350. The molecule has 0 aromatic heterocycles. The molecule has 1 fully saturated rings. The average molecular weight is 295 g/mol. The van der Waals surface area contributed by atoms with Crippen LogP contribution in [-0.4, -0.2) is 55.9 Å². The monoisotopic (exact) mass is 294 g/mol. The largest absolute Gasteiger partial charge is 0.379 e. The number of halogens is 1.